The van der Waals surface area contributed by atoms with E-state index in [9.17, 15) is 4.79 Å². The van der Waals surface area contributed by atoms with E-state index < -0.39 is 0 Å². The van der Waals surface area contributed by atoms with Gasteiger partial charge in [0.2, 0.25) is 0 Å². The Labute approximate surface area is 131 Å². The zero-order valence-corrected chi connectivity index (χ0v) is 14.1. The second kappa shape index (κ2) is 5.38. The lowest BCUT2D eigenvalue weighted by molar-refractivity contribution is 0.0703. The largest absolute Gasteiger partial charge is 0.335 e. The lowest BCUT2D eigenvalue weighted by Gasteiger charge is -2.28. The van der Waals surface area contributed by atoms with Crippen molar-refractivity contribution in [1.29, 1.82) is 0 Å². The summed E-state index contributed by atoms with van der Waals surface area (Å²) < 4.78 is 1.76. The van der Waals surface area contributed by atoms with Crippen molar-refractivity contribution < 1.29 is 4.79 Å². The fourth-order valence-corrected chi connectivity index (χ4v) is 3.63. The van der Waals surface area contributed by atoms with Crippen molar-refractivity contribution in [1.82, 2.24) is 19.7 Å². The van der Waals surface area contributed by atoms with Crippen molar-refractivity contribution in [2.45, 2.75) is 46.6 Å². The molecule has 1 aliphatic rings. The first-order valence-corrected chi connectivity index (χ1v) is 8.02. The second-order valence-electron chi connectivity index (χ2n) is 6.67. The molecule has 0 aromatic carbocycles. The van der Waals surface area contributed by atoms with E-state index >= 15 is 0 Å². The van der Waals surface area contributed by atoms with Gasteiger partial charge in [-0.1, -0.05) is 13.8 Å². The van der Waals surface area contributed by atoms with Crippen LogP contribution < -0.4 is 0 Å². The average molecular weight is 300 g/mol. The molecule has 0 bridgehead atoms. The number of pyridine rings is 1. The van der Waals surface area contributed by atoms with Crippen LogP contribution in [0.15, 0.2) is 6.07 Å². The molecule has 0 N–H and O–H groups in total. The van der Waals surface area contributed by atoms with Crippen molar-refractivity contribution in [3.8, 4) is 0 Å². The maximum absolute atomic E-state index is 13.2. The quantitative estimate of drug-likeness (QED) is 0.857. The topological polar surface area (TPSA) is 51.0 Å². The van der Waals surface area contributed by atoms with E-state index in [1.807, 2.05) is 31.9 Å². The van der Waals surface area contributed by atoms with Crippen LogP contribution in [0.2, 0.25) is 0 Å². The maximum atomic E-state index is 13.2. The molecule has 3 rings (SSSR count). The monoisotopic (exact) mass is 300 g/mol. The molecular formula is C17H24N4O. The van der Waals surface area contributed by atoms with Crippen LogP contribution in [0.4, 0.5) is 0 Å². The predicted octanol–water partition coefficient (Wildman–Crippen LogP) is 2.85. The third-order valence-electron chi connectivity index (χ3n) is 4.66. The summed E-state index contributed by atoms with van der Waals surface area (Å²) in [5.74, 6) is 0.614. The fraction of sp³-hybridized carbons (Fsp3) is 0.588. The lowest BCUT2D eigenvalue weighted by Crippen LogP contribution is -2.38. The fourth-order valence-electron chi connectivity index (χ4n) is 3.63. The first-order valence-electron chi connectivity index (χ1n) is 8.02. The molecule has 3 heterocycles. The van der Waals surface area contributed by atoms with Crippen LogP contribution in [0.3, 0.4) is 0 Å². The minimum absolute atomic E-state index is 0.128. The molecule has 118 valence electrons. The van der Waals surface area contributed by atoms with E-state index in [0.29, 0.717) is 12.0 Å². The van der Waals surface area contributed by atoms with Crippen LogP contribution in [-0.4, -0.2) is 38.2 Å². The Balaban J connectivity index is 2.11. The minimum Gasteiger partial charge on any atom is -0.335 e. The van der Waals surface area contributed by atoms with Crippen molar-refractivity contribution in [3.05, 3.63) is 23.0 Å². The number of hydrogen-bond acceptors (Lipinski definition) is 3. The van der Waals surface area contributed by atoms with Gasteiger partial charge in [0, 0.05) is 25.3 Å². The van der Waals surface area contributed by atoms with Crippen LogP contribution in [0, 0.1) is 19.8 Å². The zero-order chi connectivity index (χ0) is 16.0. The van der Waals surface area contributed by atoms with Gasteiger partial charge in [-0.2, -0.15) is 5.10 Å². The van der Waals surface area contributed by atoms with Crippen molar-refractivity contribution in [3.63, 3.8) is 0 Å². The molecular weight excluding hydrogens is 276 g/mol. The van der Waals surface area contributed by atoms with Crippen molar-refractivity contribution >= 4 is 16.9 Å². The van der Waals surface area contributed by atoms with E-state index in [1.54, 1.807) is 4.68 Å². The Hall–Kier alpha value is -1.91. The summed E-state index contributed by atoms with van der Waals surface area (Å²) in [6, 6.07) is 2.25. The van der Waals surface area contributed by atoms with Gasteiger partial charge in [-0.15, -0.1) is 0 Å². The van der Waals surface area contributed by atoms with Crippen LogP contribution >= 0.6 is 0 Å². The third kappa shape index (κ3) is 2.28. The van der Waals surface area contributed by atoms with Crippen LogP contribution in [0.1, 0.15) is 48.4 Å². The molecule has 5 heteroatoms. The highest BCUT2D eigenvalue weighted by molar-refractivity contribution is 6.06. The molecule has 0 saturated carbocycles. The van der Waals surface area contributed by atoms with Crippen LogP contribution in [0.5, 0.6) is 0 Å². The first kappa shape index (κ1) is 15.0. The summed E-state index contributed by atoms with van der Waals surface area (Å²) in [5.41, 5.74) is 3.27. The molecule has 1 atom stereocenters. The second-order valence-corrected chi connectivity index (χ2v) is 6.67. The van der Waals surface area contributed by atoms with Crippen molar-refractivity contribution in [2.75, 3.05) is 6.54 Å². The molecule has 1 aliphatic heterocycles. The lowest BCUT2D eigenvalue weighted by atomic mass is 10.0. The molecule has 1 fully saturated rings. The molecule has 1 saturated heterocycles. The van der Waals surface area contributed by atoms with Crippen molar-refractivity contribution in [2.24, 2.45) is 13.0 Å². The number of hydrogen-bond donors (Lipinski definition) is 0. The van der Waals surface area contributed by atoms with Gasteiger partial charge in [0.25, 0.3) is 5.91 Å². The number of fused-ring (bicyclic) bond motifs is 1. The normalized spacial score (nSPS) is 18.6. The summed E-state index contributed by atoms with van der Waals surface area (Å²) in [4.78, 5) is 19.7. The van der Waals surface area contributed by atoms with E-state index in [2.05, 4.69) is 23.9 Å². The molecule has 1 amide bonds. The molecule has 0 unspecified atom stereocenters. The zero-order valence-electron chi connectivity index (χ0n) is 14.1. The Bertz CT molecular complexity index is 732. The summed E-state index contributed by atoms with van der Waals surface area (Å²) in [6.07, 6.45) is 2.19. The summed E-state index contributed by atoms with van der Waals surface area (Å²) in [6.45, 7) is 9.12. The average Bonchev–Trinajstić information content (AvgIpc) is 3.03. The van der Waals surface area contributed by atoms with E-state index in [0.717, 1.165) is 47.4 Å². The highest BCUT2D eigenvalue weighted by atomic mass is 16.2. The SMILES string of the molecule is Cc1cc(C(=O)N2CCC[C@@H]2C(C)C)c2c(C)nn(C)c2n1. The van der Waals surface area contributed by atoms with E-state index in [1.165, 1.54) is 0 Å². The molecule has 2 aromatic rings. The van der Waals surface area contributed by atoms with Gasteiger partial charge >= 0.3 is 0 Å². The van der Waals surface area contributed by atoms with E-state index in [4.69, 9.17) is 0 Å². The first-order chi connectivity index (χ1) is 10.4. The number of amides is 1. The Kier molecular flexibility index (Phi) is 3.67. The molecule has 5 nitrogen and oxygen atoms in total. The van der Waals surface area contributed by atoms with Gasteiger partial charge < -0.3 is 4.90 Å². The Morgan fingerprint density at radius 3 is 2.77 bits per heavy atom. The van der Waals surface area contributed by atoms with Gasteiger partial charge in [-0.05, 0) is 38.7 Å². The third-order valence-corrected chi connectivity index (χ3v) is 4.66. The van der Waals surface area contributed by atoms with Crippen LogP contribution in [0.25, 0.3) is 11.0 Å². The summed E-state index contributed by atoms with van der Waals surface area (Å²) in [7, 11) is 1.88. The minimum atomic E-state index is 0.128. The molecule has 0 radical (unpaired) electrons. The van der Waals surface area contributed by atoms with Gasteiger partial charge in [0.15, 0.2) is 5.65 Å². The van der Waals surface area contributed by atoms with Gasteiger partial charge in [0.1, 0.15) is 0 Å². The number of carbonyl (C=O) groups excluding carboxylic acids is 1. The number of aryl methyl sites for hydroxylation is 3. The Morgan fingerprint density at radius 2 is 2.09 bits per heavy atom. The number of rotatable bonds is 2. The van der Waals surface area contributed by atoms with E-state index in [-0.39, 0.29) is 5.91 Å². The molecule has 0 spiro atoms. The number of carbonyl (C=O) groups is 1. The summed E-state index contributed by atoms with van der Waals surface area (Å²) >= 11 is 0. The predicted molar refractivity (Wildman–Crippen MR) is 86.9 cm³/mol. The number of aromatic nitrogens is 3. The Morgan fingerprint density at radius 1 is 1.36 bits per heavy atom. The maximum Gasteiger partial charge on any atom is 0.254 e. The van der Waals surface area contributed by atoms with Gasteiger partial charge in [-0.3, -0.25) is 9.48 Å². The number of likely N-dealkylation sites (tertiary alicyclic amines) is 1. The molecule has 0 aliphatic carbocycles. The van der Waals surface area contributed by atoms with Crippen LogP contribution in [-0.2, 0) is 7.05 Å². The molecule has 2 aromatic heterocycles. The highest BCUT2D eigenvalue weighted by Gasteiger charge is 2.32. The number of nitrogens with zero attached hydrogens (tertiary/aromatic N) is 4. The standard InChI is InChI=1S/C17H24N4O/c1-10(2)14-7-6-8-21(14)17(22)13-9-11(3)18-16-15(13)12(4)19-20(16)5/h9-10,14H,6-8H2,1-5H3/t14-/m1/s1. The highest BCUT2D eigenvalue weighted by Crippen LogP contribution is 2.29. The smallest absolute Gasteiger partial charge is 0.254 e. The molecule has 22 heavy (non-hydrogen) atoms. The van der Waals surface area contributed by atoms with Gasteiger partial charge in [-0.25, -0.2) is 4.98 Å². The van der Waals surface area contributed by atoms with Gasteiger partial charge in [0.05, 0.1) is 16.6 Å². The summed E-state index contributed by atoms with van der Waals surface area (Å²) in [5, 5.41) is 5.33.